The summed E-state index contributed by atoms with van der Waals surface area (Å²) in [6.07, 6.45) is -0.884. The molecule has 1 N–H and O–H groups in total. The normalized spacial score (nSPS) is 12.5. The monoisotopic (exact) mass is 231 g/mol. The van der Waals surface area contributed by atoms with Gasteiger partial charge in [-0.2, -0.15) is 0 Å². The van der Waals surface area contributed by atoms with Gasteiger partial charge in [0.2, 0.25) is 0 Å². The molecule has 2 rings (SSSR count). The summed E-state index contributed by atoms with van der Waals surface area (Å²) in [5, 5.41) is 10.2. The molecule has 0 amide bonds. The smallest absolute Gasteiger partial charge is 0.123 e. The maximum absolute atomic E-state index is 13.2. The molecule has 3 heteroatoms. The van der Waals surface area contributed by atoms with Crippen LogP contribution in [0.25, 0.3) is 0 Å². The van der Waals surface area contributed by atoms with Crippen molar-refractivity contribution in [2.24, 2.45) is 0 Å². The first-order valence-corrected chi connectivity index (χ1v) is 5.45. The number of pyridine rings is 1. The van der Waals surface area contributed by atoms with Crippen LogP contribution in [0.1, 0.15) is 28.6 Å². The van der Waals surface area contributed by atoms with E-state index in [2.05, 4.69) is 4.98 Å². The molecule has 0 aliphatic heterocycles. The summed E-state index contributed by atoms with van der Waals surface area (Å²) in [4.78, 5) is 4.25. The number of aliphatic hydroxyl groups is 1. The lowest BCUT2D eigenvalue weighted by molar-refractivity contribution is 0.214. The van der Waals surface area contributed by atoms with E-state index >= 15 is 0 Å². The molecule has 1 heterocycles. The second kappa shape index (κ2) is 4.63. The van der Waals surface area contributed by atoms with E-state index in [4.69, 9.17) is 0 Å². The molecule has 0 saturated carbocycles. The van der Waals surface area contributed by atoms with Gasteiger partial charge < -0.3 is 5.11 Å². The van der Waals surface area contributed by atoms with Gasteiger partial charge in [-0.1, -0.05) is 12.1 Å². The van der Waals surface area contributed by atoms with Gasteiger partial charge in [-0.05, 0) is 49.2 Å². The van der Waals surface area contributed by atoms with E-state index in [0.717, 1.165) is 11.3 Å². The van der Waals surface area contributed by atoms with Gasteiger partial charge in [0.05, 0.1) is 5.69 Å². The van der Waals surface area contributed by atoms with Crippen LogP contribution in [0.4, 0.5) is 4.39 Å². The van der Waals surface area contributed by atoms with E-state index in [1.807, 2.05) is 26.0 Å². The Labute approximate surface area is 99.8 Å². The quantitative estimate of drug-likeness (QED) is 0.862. The average molecular weight is 231 g/mol. The van der Waals surface area contributed by atoms with E-state index in [1.165, 1.54) is 12.1 Å². The third-order valence-corrected chi connectivity index (χ3v) is 2.73. The highest BCUT2D eigenvalue weighted by molar-refractivity contribution is 5.33. The highest BCUT2D eigenvalue weighted by Gasteiger charge is 2.14. The standard InChI is InChI=1S/C14H14FNO/c1-9-6-7-11(15)8-12(9)14(17)13-5-3-4-10(2)16-13/h3-8,14,17H,1-2H3. The van der Waals surface area contributed by atoms with E-state index < -0.39 is 6.10 Å². The third-order valence-electron chi connectivity index (χ3n) is 2.73. The van der Waals surface area contributed by atoms with Gasteiger partial charge in [0, 0.05) is 5.69 Å². The van der Waals surface area contributed by atoms with Crippen molar-refractivity contribution in [2.45, 2.75) is 20.0 Å². The van der Waals surface area contributed by atoms with Crippen molar-refractivity contribution in [3.05, 3.63) is 64.7 Å². The van der Waals surface area contributed by atoms with Crippen LogP contribution >= 0.6 is 0 Å². The second-order valence-corrected chi connectivity index (χ2v) is 4.11. The van der Waals surface area contributed by atoms with Crippen LogP contribution in [-0.2, 0) is 0 Å². The Morgan fingerprint density at radius 2 is 1.94 bits per heavy atom. The van der Waals surface area contributed by atoms with Crippen molar-refractivity contribution in [3.8, 4) is 0 Å². The van der Waals surface area contributed by atoms with Gasteiger partial charge in [0.1, 0.15) is 11.9 Å². The molecular weight excluding hydrogens is 217 g/mol. The summed E-state index contributed by atoms with van der Waals surface area (Å²) in [6.45, 7) is 3.70. The lowest BCUT2D eigenvalue weighted by Crippen LogP contribution is -2.05. The molecule has 17 heavy (non-hydrogen) atoms. The molecular formula is C14H14FNO. The predicted octanol–water partition coefficient (Wildman–Crippen LogP) is 2.92. The van der Waals surface area contributed by atoms with Gasteiger partial charge in [-0.15, -0.1) is 0 Å². The number of benzene rings is 1. The lowest BCUT2D eigenvalue weighted by atomic mass is 10.0. The minimum Gasteiger partial charge on any atom is -0.382 e. The zero-order valence-corrected chi connectivity index (χ0v) is 9.81. The molecule has 88 valence electrons. The number of halogens is 1. The first kappa shape index (κ1) is 11.7. The summed E-state index contributed by atoms with van der Waals surface area (Å²) >= 11 is 0. The number of aromatic nitrogens is 1. The summed E-state index contributed by atoms with van der Waals surface area (Å²) < 4.78 is 13.2. The van der Waals surface area contributed by atoms with Crippen LogP contribution in [0.15, 0.2) is 36.4 Å². The zero-order valence-electron chi connectivity index (χ0n) is 9.81. The first-order chi connectivity index (χ1) is 8.08. The van der Waals surface area contributed by atoms with Crippen molar-refractivity contribution < 1.29 is 9.50 Å². The Balaban J connectivity index is 2.43. The number of nitrogens with zero attached hydrogens (tertiary/aromatic N) is 1. The van der Waals surface area contributed by atoms with Crippen molar-refractivity contribution in [2.75, 3.05) is 0 Å². The number of rotatable bonds is 2. The fraction of sp³-hybridized carbons (Fsp3) is 0.214. The van der Waals surface area contributed by atoms with E-state index in [9.17, 15) is 9.50 Å². The first-order valence-electron chi connectivity index (χ1n) is 5.45. The lowest BCUT2D eigenvalue weighted by Gasteiger charge is -2.13. The summed E-state index contributed by atoms with van der Waals surface area (Å²) in [5.74, 6) is -0.350. The van der Waals surface area contributed by atoms with Gasteiger partial charge in [0.15, 0.2) is 0 Å². The summed E-state index contributed by atoms with van der Waals surface area (Å²) in [6, 6.07) is 9.81. The molecule has 0 radical (unpaired) electrons. The molecule has 0 aliphatic carbocycles. The van der Waals surface area contributed by atoms with Crippen LogP contribution in [0.3, 0.4) is 0 Å². The van der Waals surface area contributed by atoms with Crippen LogP contribution in [0, 0.1) is 19.7 Å². The van der Waals surface area contributed by atoms with Crippen LogP contribution in [-0.4, -0.2) is 10.1 Å². The maximum atomic E-state index is 13.2. The molecule has 1 aromatic carbocycles. The number of hydrogen-bond acceptors (Lipinski definition) is 2. The fourth-order valence-corrected chi connectivity index (χ4v) is 1.78. The molecule has 1 aromatic heterocycles. The Kier molecular flexibility index (Phi) is 3.20. The topological polar surface area (TPSA) is 33.1 Å². The Hall–Kier alpha value is -1.74. The Bertz CT molecular complexity index is 539. The summed E-state index contributed by atoms with van der Waals surface area (Å²) in [5.41, 5.74) is 2.78. The van der Waals surface area contributed by atoms with Crippen molar-refractivity contribution in [3.63, 3.8) is 0 Å². The minimum absolute atomic E-state index is 0.350. The van der Waals surface area contributed by atoms with Gasteiger partial charge in [-0.25, -0.2) is 4.39 Å². The predicted molar refractivity (Wildman–Crippen MR) is 64.2 cm³/mol. The highest BCUT2D eigenvalue weighted by atomic mass is 19.1. The molecule has 1 unspecified atom stereocenters. The molecule has 0 spiro atoms. The molecule has 0 fully saturated rings. The molecule has 1 atom stereocenters. The summed E-state index contributed by atoms with van der Waals surface area (Å²) in [7, 11) is 0. The SMILES string of the molecule is Cc1cccc(C(O)c2cc(F)ccc2C)n1. The zero-order chi connectivity index (χ0) is 12.4. The average Bonchev–Trinajstić information content (AvgIpc) is 2.31. The molecule has 2 nitrogen and oxygen atoms in total. The van der Waals surface area contributed by atoms with Gasteiger partial charge in [0.25, 0.3) is 0 Å². The highest BCUT2D eigenvalue weighted by Crippen LogP contribution is 2.24. The van der Waals surface area contributed by atoms with Gasteiger partial charge in [-0.3, -0.25) is 4.98 Å². The Morgan fingerprint density at radius 3 is 2.65 bits per heavy atom. The fourth-order valence-electron chi connectivity index (χ4n) is 1.78. The van der Waals surface area contributed by atoms with E-state index in [1.54, 1.807) is 12.1 Å². The van der Waals surface area contributed by atoms with E-state index in [-0.39, 0.29) is 5.82 Å². The maximum Gasteiger partial charge on any atom is 0.123 e. The van der Waals surface area contributed by atoms with Gasteiger partial charge >= 0.3 is 0 Å². The van der Waals surface area contributed by atoms with Crippen molar-refractivity contribution in [1.29, 1.82) is 0 Å². The molecule has 0 aliphatic rings. The van der Waals surface area contributed by atoms with Crippen LogP contribution < -0.4 is 0 Å². The van der Waals surface area contributed by atoms with Crippen molar-refractivity contribution in [1.82, 2.24) is 4.98 Å². The van der Waals surface area contributed by atoms with Crippen molar-refractivity contribution >= 4 is 0 Å². The Morgan fingerprint density at radius 1 is 1.18 bits per heavy atom. The number of aliphatic hydroxyl groups excluding tert-OH is 1. The molecule has 2 aromatic rings. The number of aryl methyl sites for hydroxylation is 2. The number of hydrogen-bond donors (Lipinski definition) is 1. The minimum atomic E-state index is -0.884. The largest absolute Gasteiger partial charge is 0.382 e. The molecule has 0 bridgehead atoms. The van der Waals surface area contributed by atoms with E-state index in [0.29, 0.717) is 11.3 Å². The molecule has 0 saturated heterocycles. The third kappa shape index (κ3) is 2.50. The van der Waals surface area contributed by atoms with Crippen LogP contribution in [0.5, 0.6) is 0 Å². The van der Waals surface area contributed by atoms with Crippen LogP contribution in [0.2, 0.25) is 0 Å². The second-order valence-electron chi connectivity index (χ2n) is 4.11.